The molecule has 29 heavy (non-hydrogen) atoms. The Kier molecular flexibility index (Phi) is 5.86. The maximum Gasteiger partial charge on any atom is 0.252 e. The zero-order chi connectivity index (χ0) is 20.4. The van der Waals surface area contributed by atoms with E-state index in [-0.39, 0.29) is 18.1 Å². The van der Waals surface area contributed by atoms with E-state index < -0.39 is 6.10 Å². The Morgan fingerprint density at radius 2 is 1.45 bits per heavy atom. The average Bonchev–Trinajstić information content (AvgIpc) is 2.74. The minimum Gasteiger partial charge on any atom is -0.358 e. The van der Waals surface area contributed by atoms with Gasteiger partial charge in [-0.15, -0.1) is 0 Å². The number of hydrogen-bond donors (Lipinski definition) is 0. The second-order valence-electron chi connectivity index (χ2n) is 7.10. The first-order valence-electron chi connectivity index (χ1n) is 9.35. The summed E-state index contributed by atoms with van der Waals surface area (Å²) in [4.78, 5) is 19.0. The second kappa shape index (κ2) is 8.54. The van der Waals surface area contributed by atoms with Crippen molar-refractivity contribution in [2.24, 2.45) is 0 Å². The summed E-state index contributed by atoms with van der Waals surface area (Å²) >= 11 is 12.2. The first-order valence-corrected chi connectivity index (χ1v) is 10.1. The molecule has 148 valence electrons. The van der Waals surface area contributed by atoms with Gasteiger partial charge < -0.3 is 9.64 Å². The average molecular weight is 427 g/mol. The Morgan fingerprint density at radius 1 is 0.897 bits per heavy atom. The van der Waals surface area contributed by atoms with Crippen LogP contribution in [0.1, 0.15) is 28.8 Å². The molecule has 0 aliphatic carbocycles. The number of hydrogen-bond acceptors (Lipinski definition) is 3. The third kappa shape index (κ3) is 4.30. The number of amides is 1. The van der Waals surface area contributed by atoms with Crippen LogP contribution in [0.3, 0.4) is 0 Å². The molecule has 6 heteroatoms. The first kappa shape index (κ1) is 19.9. The summed E-state index contributed by atoms with van der Waals surface area (Å²) in [5.41, 5.74) is 2.94. The van der Waals surface area contributed by atoms with Crippen LogP contribution in [-0.2, 0) is 16.0 Å². The number of carbonyl (C=O) groups is 1. The van der Waals surface area contributed by atoms with Crippen LogP contribution < -0.4 is 0 Å². The van der Waals surface area contributed by atoms with Crippen molar-refractivity contribution in [1.82, 2.24) is 9.88 Å². The first-order chi connectivity index (χ1) is 14.0. The molecule has 3 aromatic rings. The van der Waals surface area contributed by atoms with Gasteiger partial charge in [0.1, 0.15) is 12.2 Å². The van der Waals surface area contributed by atoms with E-state index in [1.807, 2.05) is 67.7 Å². The molecule has 1 saturated heterocycles. The maximum absolute atomic E-state index is 13.1. The monoisotopic (exact) mass is 426 g/mol. The SMILES string of the molecule is CN1C(=O)C(Cc2ccncc2)O[C@H](c2ccc(Cl)cc2)[C@@H]1c1ccc(Cl)cc1. The predicted molar refractivity (Wildman–Crippen MR) is 114 cm³/mol. The molecular weight excluding hydrogens is 407 g/mol. The van der Waals surface area contributed by atoms with Gasteiger partial charge in [0, 0.05) is 35.9 Å². The fourth-order valence-electron chi connectivity index (χ4n) is 3.72. The highest BCUT2D eigenvalue weighted by Crippen LogP contribution is 2.42. The van der Waals surface area contributed by atoms with Crippen LogP contribution in [0, 0.1) is 0 Å². The number of aromatic nitrogens is 1. The van der Waals surface area contributed by atoms with Crippen molar-refractivity contribution >= 4 is 29.1 Å². The number of nitrogens with zero attached hydrogens (tertiary/aromatic N) is 2. The molecule has 0 radical (unpaired) electrons. The van der Waals surface area contributed by atoms with E-state index >= 15 is 0 Å². The van der Waals surface area contributed by atoms with Crippen molar-refractivity contribution in [3.05, 3.63) is 99.8 Å². The van der Waals surface area contributed by atoms with Crippen LogP contribution in [0.5, 0.6) is 0 Å². The van der Waals surface area contributed by atoms with Gasteiger partial charge in [0.15, 0.2) is 0 Å². The van der Waals surface area contributed by atoms with Gasteiger partial charge in [0.05, 0.1) is 6.04 Å². The number of ether oxygens (including phenoxy) is 1. The van der Waals surface area contributed by atoms with E-state index in [0.29, 0.717) is 16.5 Å². The van der Waals surface area contributed by atoms with Crippen LogP contribution in [0.15, 0.2) is 73.1 Å². The Bertz CT molecular complexity index is 978. The van der Waals surface area contributed by atoms with Crippen molar-refractivity contribution in [3.8, 4) is 0 Å². The summed E-state index contributed by atoms with van der Waals surface area (Å²) in [5.74, 6) is -0.0491. The van der Waals surface area contributed by atoms with Crippen molar-refractivity contribution in [1.29, 1.82) is 0 Å². The molecule has 0 bridgehead atoms. The van der Waals surface area contributed by atoms with Crippen molar-refractivity contribution < 1.29 is 9.53 Å². The van der Waals surface area contributed by atoms with E-state index in [2.05, 4.69) is 4.98 Å². The van der Waals surface area contributed by atoms with Crippen LogP contribution in [0.2, 0.25) is 10.0 Å². The fourth-order valence-corrected chi connectivity index (χ4v) is 3.97. The Balaban J connectivity index is 1.71. The number of morpholine rings is 1. The molecule has 1 aliphatic rings. The quantitative estimate of drug-likeness (QED) is 0.570. The molecule has 4 nitrogen and oxygen atoms in total. The Morgan fingerprint density at radius 3 is 2.03 bits per heavy atom. The summed E-state index contributed by atoms with van der Waals surface area (Å²) in [7, 11) is 1.83. The molecule has 2 aromatic carbocycles. The minimum absolute atomic E-state index is 0.0491. The summed E-state index contributed by atoms with van der Waals surface area (Å²) < 4.78 is 6.41. The van der Waals surface area contributed by atoms with Crippen LogP contribution in [0.4, 0.5) is 0 Å². The number of pyridine rings is 1. The van der Waals surface area contributed by atoms with Gasteiger partial charge >= 0.3 is 0 Å². The Labute approximate surface area is 180 Å². The van der Waals surface area contributed by atoms with Crippen LogP contribution in [0.25, 0.3) is 0 Å². The van der Waals surface area contributed by atoms with E-state index in [1.54, 1.807) is 17.3 Å². The van der Waals surface area contributed by atoms with Crippen LogP contribution >= 0.6 is 23.2 Å². The smallest absolute Gasteiger partial charge is 0.252 e. The van der Waals surface area contributed by atoms with E-state index in [0.717, 1.165) is 16.7 Å². The third-order valence-electron chi connectivity index (χ3n) is 5.22. The molecule has 3 atom stereocenters. The second-order valence-corrected chi connectivity index (χ2v) is 7.97. The molecule has 1 fully saturated rings. The molecule has 2 heterocycles. The molecule has 1 amide bonds. The number of likely N-dealkylation sites (N-methyl/N-ethyl adjacent to an activating group) is 1. The summed E-state index contributed by atoms with van der Waals surface area (Å²) in [6.07, 6.45) is 3.02. The minimum atomic E-state index is -0.577. The van der Waals surface area contributed by atoms with Gasteiger partial charge in [-0.05, 0) is 53.1 Å². The van der Waals surface area contributed by atoms with E-state index in [9.17, 15) is 4.79 Å². The van der Waals surface area contributed by atoms with Gasteiger partial charge in [0.25, 0.3) is 5.91 Å². The number of carbonyl (C=O) groups excluding carboxylic acids is 1. The Hall–Kier alpha value is -2.40. The van der Waals surface area contributed by atoms with Gasteiger partial charge in [0.2, 0.25) is 0 Å². The maximum atomic E-state index is 13.1. The van der Waals surface area contributed by atoms with Gasteiger partial charge in [-0.1, -0.05) is 47.5 Å². The summed E-state index contributed by atoms with van der Waals surface area (Å²) in [5, 5.41) is 1.31. The van der Waals surface area contributed by atoms with E-state index in [4.69, 9.17) is 27.9 Å². The summed E-state index contributed by atoms with van der Waals surface area (Å²) in [6, 6.07) is 18.6. The third-order valence-corrected chi connectivity index (χ3v) is 5.72. The molecule has 1 aromatic heterocycles. The lowest BCUT2D eigenvalue weighted by atomic mass is 9.91. The highest BCUT2D eigenvalue weighted by Gasteiger charge is 2.42. The number of benzene rings is 2. The van der Waals surface area contributed by atoms with Gasteiger partial charge in [-0.3, -0.25) is 9.78 Å². The van der Waals surface area contributed by atoms with Gasteiger partial charge in [-0.2, -0.15) is 0 Å². The fraction of sp³-hybridized carbons (Fsp3) is 0.217. The highest BCUT2D eigenvalue weighted by molar-refractivity contribution is 6.30. The zero-order valence-corrected chi connectivity index (χ0v) is 17.3. The lowest BCUT2D eigenvalue weighted by molar-refractivity contribution is -0.171. The van der Waals surface area contributed by atoms with Crippen LogP contribution in [-0.4, -0.2) is 28.9 Å². The van der Waals surface area contributed by atoms with E-state index in [1.165, 1.54) is 0 Å². The molecule has 1 aliphatic heterocycles. The summed E-state index contributed by atoms with van der Waals surface area (Å²) in [6.45, 7) is 0. The van der Waals surface area contributed by atoms with Gasteiger partial charge in [-0.25, -0.2) is 0 Å². The molecule has 0 N–H and O–H groups in total. The molecule has 4 rings (SSSR count). The highest BCUT2D eigenvalue weighted by atomic mass is 35.5. The van der Waals surface area contributed by atoms with Crippen molar-refractivity contribution in [2.45, 2.75) is 24.7 Å². The molecule has 0 saturated carbocycles. The molecule has 1 unspecified atom stereocenters. The topological polar surface area (TPSA) is 42.4 Å². The zero-order valence-electron chi connectivity index (χ0n) is 15.8. The van der Waals surface area contributed by atoms with Crippen molar-refractivity contribution in [3.63, 3.8) is 0 Å². The molecule has 0 spiro atoms. The normalized spacial score (nSPS) is 22.0. The predicted octanol–water partition coefficient (Wildman–Crippen LogP) is 5.27. The largest absolute Gasteiger partial charge is 0.358 e. The molecular formula is C23H20Cl2N2O2. The van der Waals surface area contributed by atoms with Crippen molar-refractivity contribution in [2.75, 3.05) is 7.05 Å². The number of rotatable bonds is 4. The number of halogens is 2. The lowest BCUT2D eigenvalue weighted by Crippen LogP contribution is -2.49. The lowest BCUT2D eigenvalue weighted by Gasteiger charge is -2.43. The standard InChI is InChI=1S/C23H20Cl2N2O2/c1-27-21(16-2-6-18(24)7-3-16)22(17-4-8-19(25)9-5-17)29-20(23(27)28)14-15-10-12-26-13-11-15/h2-13,20-22H,14H2,1H3/t20?,21-,22+/m0/s1.